The van der Waals surface area contributed by atoms with E-state index in [4.69, 9.17) is 19.9 Å². The second-order valence-electron chi connectivity index (χ2n) is 5.37. The second-order valence-corrected chi connectivity index (χ2v) is 5.37. The first-order valence-corrected chi connectivity index (χ1v) is 7.24. The van der Waals surface area contributed by atoms with E-state index in [0.29, 0.717) is 6.61 Å². The Hall–Kier alpha value is -1.30. The topological polar surface area (TPSA) is 57.0 Å². The van der Waals surface area contributed by atoms with Crippen molar-refractivity contribution < 1.29 is 14.2 Å². The molecule has 1 aromatic rings. The average molecular weight is 278 g/mol. The van der Waals surface area contributed by atoms with Gasteiger partial charge in [0, 0.05) is 38.2 Å². The number of rotatable bonds is 4. The number of nitrogen functional groups attached to an aromatic ring is 1. The van der Waals surface area contributed by atoms with Crippen molar-refractivity contribution in [2.75, 3.05) is 45.2 Å². The molecule has 2 heterocycles. The van der Waals surface area contributed by atoms with Gasteiger partial charge in [0.05, 0.1) is 13.2 Å². The highest BCUT2D eigenvalue weighted by atomic mass is 16.7. The van der Waals surface area contributed by atoms with Crippen molar-refractivity contribution in [1.82, 2.24) is 4.90 Å². The number of likely N-dealkylation sites (tertiary alicyclic amines) is 1. The molecule has 3 rings (SSSR count). The van der Waals surface area contributed by atoms with E-state index >= 15 is 0 Å². The third-order valence-corrected chi connectivity index (χ3v) is 3.99. The predicted octanol–water partition coefficient (Wildman–Crippen LogP) is 1.49. The Morgan fingerprint density at radius 2 is 1.75 bits per heavy atom. The standard InChI is InChI=1S/C15H22N2O3/c16-13-1-3-14(4-2-13)18-10-9-17-7-5-15(6-8-17)19-11-12-20-15/h1-4H,5-12,16H2. The van der Waals surface area contributed by atoms with Gasteiger partial charge in [0.1, 0.15) is 12.4 Å². The first-order valence-electron chi connectivity index (χ1n) is 7.24. The molecule has 110 valence electrons. The van der Waals surface area contributed by atoms with E-state index in [-0.39, 0.29) is 5.79 Å². The molecule has 20 heavy (non-hydrogen) atoms. The Morgan fingerprint density at radius 1 is 1.10 bits per heavy atom. The Balaban J connectivity index is 1.38. The van der Waals surface area contributed by atoms with Gasteiger partial charge in [-0.1, -0.05) is 0 Å². The second kappa shape index (κ2) is 5.99. The van der Waals surface area contributed by atoms with Crippen LogP contribution in [0.3, 0.4) is 0 Å². The summed E-state index contributed by atoms with van der Waals surface area (Å²) in [6, 6.07) is 7.52. The number of ether oxygens (including phenoxy) is 3. The molecule has 2 aliphatic rings. The maximum atomic E-state index is 5.72. The lowest BCUT2D eigenvalue weighted by atomic mass is 10.0. The summed E-state index contributed by atoms with van der Waals surface area (Å²) in [5.74, 6) is 0.587. The highest BCUT2D eigenvalue weighted by molar-refractivity contribution is 5.41. The quantitative estimate of drug-likeness (QED) is 0.846. The summed E-state index contributed by atoms with van der Waals surface area (Å²) >= 11 is 0. The number of hydrogen-bond acceptors (Lipinski definition) is 5. The van der Waals surface area contributed by atoms with Crippen LogP contribution < -0.4 is 10.5 Å². The summed E-state index contributed by atoms with van der Waals surface area (Å²) in [7, 11) is 0. The Kier molecular flexibility index (Phi) is 4.10. The number of hydrogen-bond donors (Lipinski definition) is 1. The number of nitrogens with two attached hydrogens (primary N) is 1. The molecule has 0 atom stereocenters. The zero-order valence-corrected chi connectivity index (χ0v) is 11.7. The van der Waals surface area contributed by atoms with E-state index in [2.05, 4.69) is 4.90 Å². The van der Waals surface area contributed by atoms with Gasteiger partial charge in [-0.3, -0.25) is 4.90 Å². The minimum absolute atomic E-state index is 0.283. The molecular weight excluding hydrogens is 256 g/mol. The van der Waals surface area contributed by atoms with Crippen LogP contribution in [0.25, 0.3) is 0 Å². The highest BCUT2D eigenvalue weighted by Gasteiger charge is 2.39. The largest absolute Gasteiger partial charge is 0.492 e. The minimum atomic E-state index is -0.283. The van der Waals surface area contributed by atoms with Crippen molar-refractivity contribution in [2.45, 2.75) is 18.6 Å². The molecule has 0 amide bonds. The molecule has 5 heteroatoms. The first-order chi connectivity index (χ1) is 9.76. The van der Waals surface area contributed by atoms with Crippen molar-refractivity contribution >= 4 is 5.69 Å². The van der Waals surface area contributed by atoms with Crippen LogP contribution >= 0.6 is 0 Å². The van der Waals surface area contributed by atoms with Crippen molar-refractivity contribution in [3.63, 3.8) is 0 Å². The summed E-state index contributed by atoms with van der Waals surface area (Å²) in [5, 5.41) is 0. The summed E-state index contributed by atoms with van der Waals surface area (Å²) in [5.41, 5.74) is 6.40. The molecule has 2 aliphatic heterocycles. The fourth-order valence-electron chi connectivity index (χ4n) is 2.76. The lowest BCUT2D eigenvalue weighted by Gasteiger charge is -2.37. The maximum absolute atomic E-state index is 5.72. The van der Waals surface area contributed by atoms with E-state index in [1.807, 2.05) is 24.3 Å². The van der Waals surface area contributed by atoms with Gasteiger partial charge >= 0.3 is 0 Å². The summed E-state index contributed by atoms with van der Waals surface area (Å²) < 4.78 is 17.2. The Bertz CT molecular complexity index is 419. The van der Waals surface area contributed by atoms with Crippen LogP contribution in [0.2, 0.25) is 0 Å². The van der Waals surface area contributed by atoms with Crippen LogP contribution in [0, 0.1) is 0 Å². The van der Waals surface area contributed by atoms with Crippen molar-refractivity contribution in [3.05, 3.63) is 24.3 Å². The van der Waals surface area contributed by atoms with Crippen LogP contribution in [0.5, 0.6) is 5.75 Å². The molecular formula is C15H22N2O3. The molecule has 0 aliphatic carbocycles. The van der Waals surface area contributed by atoms with E-state index in [1.54, 1.807) is 0 Å². The number of benzene rings is 1. The average Bonchev–Trinajstić information content (AvgIpc) is 2.92. The van der Waals surface area contributed by atoms with E-state index in [1.165, 1.54) is 0 Å². The molecule has 0 aromatic heterocycles. The Morgan fingerprint density at radius 3 is 2.40 bits per heavy atom. The van der Waals surface area contributed by atoms with Gasteiger partial charge in [-0.15, -0.1) is 0 Å². The molecule has 5 nitrogen and oxygen atoms in total. The summed E-state index contributed by atoms with van der Waals surface area (Å²) in [6.45, 7) is 5.11. The van der Waals surface area contributed by atoms with Crippen LogP contribution in [0.1, 0.15) is 12.8 Å². The summed E-state index contributed by atoms with van der Waals surface area (Å²) in [4.78, 5) is 2.40. The third kappa shape index (κ3) is 3.23. The minimum Gasteiger partial charge on any atom is -0.492 e. The lowest BCUT2D eigenvalue weighted by molar-refractivity contribution is -0.185. The molecule has 2 fully saturated rings. The molecule has 2 N–H and O–H groups in total. The molecule has 1 spiro atoms. The van der Waals surface area contributed by atoms with Gasteiger partial charge < -0.3 is 19.9 Å². The predicted molar refractivity (Wildman–Crippen MR) is 76.7 cm³/mol. The van der Waals surface area contributed by atoms with Crippen LogP contribution in [-0.2, 0) is 9.47 Å². The van der Waals surface area contributed by atoms with E-state index in [0.717, 1.165) is 57.1 Å². The third-order valence-electron chi connectivity index (χ3n) is 3.99. The zero-order valence-electron chi connectivity index (χ0n) is 11.7. The van der Waals surface area contributed by atoms with Crippen LogP contribution in [0.15, 0.2) is 24.3 Å². The molecule has 0 radical (unpaired) electrons. The molecule has 0 unspecified atom stereocenters. The fourth-order valence-corrected chi connectivity index (χ4v) is 2.76. The van der Waals surface area contributed by atoms with Gasteiger partial charge in [0.2, 0.25) is 0 Å². The van der Waals surface area contributed by atoms with Gasteiger partial charge in [0.15, 0.2) is 5.79 Å². The van der Waals surface area contributed by atoms with E-state index < -0.39 is 0 Å². The maximum Gasteiger partial charge on any atom is 0.170 e. The van der Waals surface area contributed by atoms with Gasteiger partial charge in [-0.05, 0) is 24.3 Å². The molecule has 0 saturated carbocycles. The van der Waals surface area contributed by atoms with E-state index in [9.17, 15) is 0 Å². The highest BCUT2D eigenvalue weighted by Crippen LogP contribution is 2.31. The fraction of sp³-hybridized carbons (Fsp3) is 0.600. The van der Waals surface area contributed by atoms with Crippen molar-refractivity contribution in [1.29, 1.82) is 0 Å². The first kappa shape index (κ1) is 13.7. The van der Waals surface area contributed by atoms with Crippen molar-refractivity contribution in [2.24, 2.45) is 0 Å². The van der Waals surface area contributed by atoms with Gasteiger partial charge in [0.25, 0.3) is 0 Å². The number of nitrogens with zero attached hydrogens (tertiary/aromatic N) is 1. The smallest absolute Gasteiger partial charge is 0.170 e. The SMILES string of the molecule is Nc1ccc(OCCN2CCC3(CC2)OCCO3)cc1. The molecule has 1 aromatic carbocycles. The lowest BCUT2D eigenvalue weighted by Crippen LogP contribution is -2.46. The monoisotopic (exact) mass is 278 g/mol. The summed E-state index contributed by atoms with van der Waals surface area (Å²) in [6.07, 6.45) is 1.91. The molecule has 0 bridgehead atoms. The van der Waals surface area contributed by atoms with Gasteiger partial charge in [-0.2, -0.15) is 0 Å². The Labute approximate surface area is 119 Å². The number of anilines is 1. The van der Waals surface area contributed by atoms with Crippen LogP contribution in [0.4, 0.5) is 5.69 Å². The number of piperidine rings is 1. The zero-order chi connectivity index (χ0) is 13.8. The van der Waals surface area contributed by atoms with Crippen molar-refractivity contribution in [3.8, 4) is 5.75 Å². The van der Waals surface area contributed by atoms with Crippen LogP contribution in [-0.4, -0.2) is 50.1 Å². The normalized spacial score (nSPS) is 22.2. The molecule has 2 saturated heterocycles. The van der Waals surface area contributed by atoms with Gasteiger partial charge in [-0.25, -0.2) is 0 Å².